The summed E-state index contributed by atoms with van der Waals surface area (Å²) in [6.07, 6.45) is 18.7. The molecule has 0 saturated carbocycles. The van der Waals surface area contributed by atoms with Gasteiger partial charge in [0.1, 0.15) is 0 Å². The van der Waals surface area contributed by atoms with Gasteiger partial charge >= 0.3 is 0 Å². The summed E-state index contributed by atoms with van der Waals surface area (Å²) in [6, 6.07) is 6.39. The number of rotatable bonds is 20. The molecule has 0 aromatic heterocycles. The molecule has 0 heterocycles. The molecule has 1 aromatic rings. The highest BCUT2D eigenvalue weighted by molar-refractivity contribution is 5.42. The minimum atomic E-state index is 0.781. The van der Waals surface area contributed by atoms with Crippen molar-refractivity contribution in [2.24, 2.45) is 0 Å². The number of methoxy groups -OCH3 is 1. The summed E-state index contributed by atoms with van der Waals surface area (Å²) in [5.41, 5.74) is 1.29. The van der Waals surface area contributed by atoms with Crippen LogP contribution in [0, 0.1) is 0 Å². The first kappa shape index (κ1) is 26.8. The molecule has 0 unspecified atom stereocenters. The van der Waals surface area contributed by atoms with Crippen LogP contribution in [-0.2, 0) is 6.54 Å². The summed E-state index contributed by atoms with van der Waals surface area (Å²) in [5.74, 6) is 1.74. The summed E-state index contributed by atoms with van der Waals surface area (Å²) >= 11 is 0. The van der Waals surface area contributed by atoms with Crippen molar-refractivity contribution in [2.45, 2.75) is 110 Å². The Bertz CT molecular complexity index is 518. The zero-order valence-corrected chi connectivity index (χ0v) is 20.5. The van der Waals surface area contributed by atoms with Gasteiger partial charge in [0, 0.05) is 6.54 Å². The number of hydrogen-bond donors (Lipinski definition) is 0. The Kier molecular flexibility index (Phi) is 16.6. The molecular weight excluding hydrogens is 370 g/mol. The number of unbranched alkanes of at least 4 members (excludes halogenated alkanes) is 12. The van der Waals surface area contributed by atoms with Crippen molar-refractivity contribution in [3.63, 3.8) is 0 Å². The van der Waals surface area contributed by atoms with Crippen LogP contribution in [0.3, 0.4) is 0 Å². The SMILES string of the molecule is CCCCCCCCCCCCOc1ccc(CN(C)CCCCCC)cc1OC. The second-order valence-corrected chi connectivity index (χ2v) is 8.81. The topological polar surface area (TPSA) is 21.7 Å². The standard InChI is InChI=1S/C27H49NO2/c1-5-7-9-11-12-13-14-15-16-18-22-30-26-20-19-25(23-27(26)29-4)24-28(3)21-17-10-8-6-2/h19-20,23H,5-18,21-22,24H2,1-4H3. The summed E-state index contributed by atoms with van der Waals surface area (Å²) < 4.78 is 11.6. The van der Waals surface area contributed by atoms with Crippen molar-refractivity contribution in [2.75, 3.05) is 27.3 Å². The summed E-state index contributed by atoms with van der Waals surface area (Å²) in [5, 5.41) is 0. The van der Waals surface area contributed by atoms with Gasteiger partial charge in [-0.15, -0.1) is 0 Å². The van der Waals surface area contributed by atoms with Crippen molar-refractivity contribution in [1.82, 2.24) is 4.90 Å². The fourth-order valence-corrected chi connectivity index (χ4v) is 3.90. The molecule has 0 N–H and O–H groups in total. The Balaban J connectivity index is 2.20. The molecule has 0 spiro atoms. The predicted molar refractivity (Wildman–Crippen MR) is 131 cm³/mol. The van der Waals surface area contributed by atoms with Crippen molar-refractivity contribution in [1.29, 1.82) is 0 Å². The third-order valence-corrected chi connectivity index (χ3v) is 5.83. The Hall–Kier alpha value is -1.22. The zero-order valence-electron chi connectivity index (χ0n) is 20.5. The quantitative estimate of drug-likeness (QED) is 0.200. The second kappa shape index (κ2) is 18.5. The van der Waals surface area contributed by atoms with Crippen molar-refractivity contribution in [3.05, 3.63) is 23.8 Å². The van der Waals surface area contributed by atoms with E-state index in [4.69, 9.17) is 9.47 Å². The van der Waals surface area contributed by atoms with Crippen LogP contribution in [0.15, 0.2) is 18.2 Å². The van der Waals surface area contributed by atoms with Crippen molar-refractivity contribution < 1.29 is 9.47 Å². The van der Waals surface area contributed by atoms with E-state index in [2.05, 4.69) is 44.0 Å². The lowest BCUT2D eigenvalue weighted by Crippen LogP contribution is -2.19. The molecule has 0 saturated heterocycles. The highest BCUT2D eigenvalue weighted by atomic mass is 16.5. The molecule has 0 aliphatic carbocycles. The van der Waals surface area contributed by atoms with Crippen LogP contribution in [0.4, 0.5) is 0 Å². The van der Waals surface area contributed by atoms with Gasteiger partial charge in [-0.05, 0) is 44.1 Å². The number of ether oxygens (including phenoxy) is 2. The third kappa shape index (κ3) is 13.2. The van der Waals surface area contributed by atoms with Crippen LogP contribution in [0.2, 0.25) is 0 Å². The third-order valence-electron chi connectivity index (χ3n) is 5.83. The molecule has 3 nitrogen and oxygen atoms in total. The number of nitrogens with zero attached hydrogens (tertiary/aromatic N) is 1. The minimum Gasteiger partial charge on any atom is -0.493 e. The fraction of sp³-hybridized carbons (Fsp3) is 0.778. The summed E-state index contributed by atoms with van der Waals surface area (Å²) in [4.78, 5) is 2.40. The fourth-order valence-electron chi connectivity index (χ4n) is 3.90. The van der Waals surface area contributed by atoms with Crippen molar-refractivity contribution in [3.8, 4) is 11.5 Å². The van der Waals surface area contributed by atoms with E-state index >= 15 is 0 Å². The molecule has 0 amide bonds. The van der Waals surface area contributed by atoms with Gasteiger partial charge in [0.15, 0.2) is 11.5 Å². The lowest BCUT2D eigenvalue weighted by molar-refractivity contribution is 0.283. The lowest BCUT2D eigenvalue weighted by Gasteiger charge is -2.18. The summed E-state index contributed by atoms with van der Waals surface area (Å²) in [6.45, 7) is 7.43. The van der Waals surface area contributed by atoms with E-state index < -0.39 is 0 Å². The number of benzene rings is 1. The van der Waals surface area contributed by atoms with Gasteiger partial charge in [-0.3, -0.25) is 0 Å². The Labute approximate surface area is 187 Å². The van der Waals surface area contributed by atoms with Crippen LogP contribution >= 0.6 is 0 Å². The van der Waals surface area contributed by atoms with E-state index in [0.717, 1.165) is 37.6 Å². The molecule has 0 fully saturated rings. The van der Waals surface area contributed by atoms with Gasteiger partial charge in [-0.1, -0.05) is 97.0 Å². The van der Waals surface area contributed by atoms with Gasteiger partial charge < -0.3 is 14.4 Å². The number of hydrogen-bond acceptors (Lipinski definition) is 3. The monoisotopic (exact) mass is 419 g/mol. The van der Waals surface area contributed by atoms with E-state index in [1.807, 2.05) is 0 Å². The van der Waals surface area contributed by atoms with E-state index in [-0.39, 0.29) is 0 Å². The molecule has 0 atom stereocenters. The largest absolute Gasteiger partial charge is 0.493 e. The van der Waals surface area contributed by atoms with Gasteiger partial charge in [0.05, 0.1) is 13.7 Å². The van der Waals surface area contributed by atoms with Gasteiger partial charge in [0.2, 0.25) is 0 Å². The molecule has 0 aliphatic heterocycles. The maximum Gasteiger partial charge on any atom is 0.161 e. The first-order chi connectivity index (χ1) is 14.7. The minimum absolute atomic E-state index is 0.781. The molecular formula is C27H49NO2. The Morgan fingerprint density at radius 2 is 1.27 bits per heavy atom. The van der Waals surface area contributed by atoms with Crippen LogP contribution < -0.4 is 9.47 Å². The molecule has 0 bridgehead atoms. The first-order valence-corrected chi connectivity index (χ1v) is 12.7. The molecule has 1 aromatic carbocycles. The highest BCUT2D eigenvalue weighted by Gasteiger charge is 2.08. The van der Waals surface area contributed by atoms with E-state index in [1.165, 1.54) is 89.0 Å². The van der Waals surface area contributed by atoms with Crippen LogP contribution in [0.5, 0.6) is 11.5 Å². The van der Waals surface area contributed by atoms with Gasteiger partial charge in [-0.2, -0.15) is 0 Å². The van der Waals surface area contributed by atoms with E-state index in [1.54, 1.807) is 7.11 Å². The molecule has 30 heavy (non-hydrogen) atoms. The molecule has 3 heteroatoms. The average Bonchev–Trinajstić information content (AvgIpc) is 2.75. The smallest absolute Gasteiger partial charge is 0.161 e. The van der Waals surface area contributed by atoms with Crippen LogP contribution in [-0.4, -0.2) is 32.2 Å². The van der Waals surface area contributed by atoms with Gasteiger partial charge in [0.25, 0.3) is 0 Å². The average molecular weight is 420 g/mol. The molecule has 1 rings (SSSR count). The van der Waals surface area contributed by atoms with Gasteiger partial charge in [-0.25, -0.2) is 0 Å². The maximum atomic E-state index is 6.01. The Morgan fingerprint density at radius 3 is 1.87 bits per heavy atom. The first-order valence-electron chi connectivity index (χ1n) is 12.7. The molecule has 174 valence electrons. The molecule has 0 aliphatic rings. The summed E-state index contributed by atoms with van der Waals surface area (Å²) in [7, 11) is 3.94. The van der Waals surface area contributed by atoms with E-state index in [9.17, 15) is 0 Å². The molecule has 0 radical (unpaired) electrons. The van der Waals surface area contributed by atoms with Crippen molar-refractivity contribution >= 4 is 0 Å². The lowest BCUT2D eigenvalue weighted by atomic mass is 10.1. The zero-order chi connectivity index (χ0) is 21.9. The normalized spacial score (nSPS) is 11.2. The Morgan fingerprint density at radius 1 is 0.700 bits per heavy atom. The van der Waals surface area contributed by atoms with Crippen LogP contribution in [0.1, 0.15) is 109 Å². The highest BCUT2D eigenvalue weighted by Crippen LogP contribution is 2.29. The second-order valence-electron chi connectivity index (χ2n) is 8.81. The maximum absolute atomic E-state index is 6.01. The van der Waals surface area contributed by atoms with Crippen LogP contribution in [0.25, 0.3) is 0 Å². The predicted octanol–water partition coefficient (Wildman–Crippen LogP) is 8.01. The van der Waals surface area contributed by atoms with E-state index in [0.29, 0.717) is 0 Å².